The Hall–Kier alpha value is -1.66. The molecule has 0 radical (unpaired) electrons. The first-order valence-corrected chi connectivity index (χ1v) is 7.13. The number of carbonyl (C=O) groups is 1. The largest absolute Gasteiger partial charge is 0.399 e. The Labute approximate surface area is 124 Å². The van der Waals surface area contributed by atoms with Gasteiger partial charge in [0, 0.05) is 37.8 Å². The van der Waals surface area contributed by atoms with Gasteiger partial charge in [0.05, 0.1) is 5.69 Å². The lowest BCUT2D eigenvalue weighted by Crippen LogP contribution is -2.35. The number of amides is 1. The van der Waals surface area contributed by atoms with E-state index >= 15 is 0 Å². The van der Waals surface area contributed by atoms with E-state index in [9.17, 15) is 9.18 Å². The first-order chi connectivity index (χ1) is 9.93. The number of rotatable bonds is 8. The van der Waals surface area contributed by atoms with Crippen LogP contribution in [0.25, 0.3) is 0 Å². The van der Waals surface area contributed by atoms with E-state index in [1.165, 1.54) is 18.2 Å². The molecule has 1 rings (SSSR count). The number of nitrogens with two attached hydrogens (primary N) is 1. The predicted octanol–water partition coefficient (Wildman–Crippen LogP) is 1.83. The van der Waals surface area contributed by atoms with Gasteiger partial charge in [0.25, 0.3) is 0 Å². The second-order valence-electron chi connectivity index (χ2n) is 5.24. The second kappa shape index (κ2) is 8.59. The van der Waals surface area contributed by atoms with E-state index in [4.69, 9.17) is 10.8 Å². The van der Waals surface area contributed by atoms with Crippen molar-refractivity contribution in [2.75, 3.05) is 30.7 Å². The van der Waals surface area contributed by atoms with Crippen LogP contribution in [0.3, 0.4) is 0 Å². The van der Waals surface area contributed by atoms with E-state index in [-0.39, 0.29) is 30.7 Å². The van der Waals surface area contributed by atoms with E-state index in [0.29, 0.717) is 18.7 Å². The molecule has 118 valence electrons. The summed E-state index contributed by atoms with van der Waals surface area (Å²) in [6.45, 7) is 5.49. The summed E-state index contributed by atoms with van der Waals surface area (Å²) in [6, 6.07) is 4.36. The summed E-state index contributed by atoms with van der Waals surface area (Å²) in [6.07, 6.45) is 0.932. The van der Waals surface area contributed by atoms with Gasteiger partial charge in [0.2, 0.25) is 5.91 Å². The number of aliphatic hydroxyl groups excluding tert-OH is 1. The van der Waals surface area contributed by atoms with Crippen LogP contribution >= 0.6 is 0 Å². The minimum absolute atomic E-state index is 0.103. The maximum atomic E-state index is 13.5. The van der Waals surface area contributed by atoms with Crippen molar-refractivity contribution in [3.63, 3.8) is 0 Å². The molecule has 0 saturated heterocycles. The van der Waals surface area contributed by atoms with Crippen molar-refractivity contribution in [1.82, 2.24) is 4.90 Å². The summed E-state index contributed by atoms with van der Waals surface area (Å²) in [5, 5.41) is 11.4. The highest BCUT2D eigenvalue weighted by atomic mass is 19.1. The molecule has 0 bridgehead atoms. The van der Waals surface area contributed by atoms with Crippen molar-refractivity contribution < 1.29 is 14.3 Å². The number of aliphatic hydroxyl groups is 1. The van der Waals surface area contributed by atoms with E-state index in [1.54, 1.807) is 0 Å². The molecule has 4 N–H and O–H groups in total. The maximum absolute atomic E-state index is 13.5. The lowest BCUT2D eigenvalue weighted by atomic mass is 10.2. The quantitative estimate of drug-likeness (QED) is 0.640. The Bertz CT molecular complexity index is 466. The van der Waals surface area contributed by atoms with Gasteiger partial charge in [0.1, 0.15) is 5.82 Å². The highest BCUT2D eigenvalue weighted by molar-refractivity contribution is 5.91. The molecule has 1 aromatic rings. The zero-order chi connectivity index (χ0) is 15.8. The third-order valence-corrected chi connectivity index (χ3v) is 3.22. The molecule has 0 unspecified atom stereocenters. The van der Waals surface area contributed by atoms with Gasteiger partial charge in [-0.1, -0.05) is 0 Å². The van der Waals surface area contributed by atoms with Crippen LogP contribution in [0.4, 0.5) is 15.8 Å². The second-order valence-corrected chi connectivity index (χ2v) is 5.24. The number of hydrogen-bond acceptors (Lipinski definition) is 4. The molecule has 1 aromatic carbocycles. The minimum atomic E-state index is -0.501. The van der Waals surface area contributed by atoms with E-state index in [0.717, 1.165) is 6.54 Å². The zero-order valence-corrected chi connectivity index (χ0v) is 12.6. The molecule has 0 saturated carbocycles. The molecule has 6 heteroatoms. The van der Waals surface area contributed by atoms with E-state index in [2.05, 4.69) is 10.2 Å². The van der Waals surface area contributed by atoms with Crippen LogP contribution in [0.15, 0.2) is 18.2 Å². The van der Waals surface area contributed by atoms with Gasteiger partial charge in [0.15, 0.2) is 0 Å². The van der Waals surface area contributed by atoms with Crippen LogP contribution in [-0.2, 0) is 4.79 Å². The molecule has 0 aliphatic heterocycles. The first kappa shape index (κ1) is 17.4. The van der Waals surface area contributed by atoms with Crippen LogP contribution < -0.4 is 11.1 Å². The Kier molecular flexibility index (Phi) is 7.11. The topological polar surface area (TPSA) is 78.6 Å². The Morgan fingerprint density at radius 3 is 2.76 bits per heavy atom. The fourth-order valence-electron chi connectivity index (χ4n) is 2.00. The molecule has 0 aliphatic carbocycles. The summed E-state index contributed by atoms with van der Waals surface area (Å²) in [5.41, 5.74) is 6.07. The fraction of sp³-hybridized carbons (Fsp3) is 0.533. The number of carbonyl (C=O) groups excluding carboxylic acids is 1. The van der Waals surface area contributed by atoms with Crippen LogP contribution in [0, 0.1) is 5.82 Å². The molecule has 5 nitrogen and oxygen atoms in total. The molecule has 0 aromatic heterocycles. The van der Waals surface area contributed by atoms with Crippen LogP contribution in [0.1, 0.15) is 26.7 Å². The summed E-state index contributed by atoms with van der Waals surface area (Å²) in [5.74, 6) is -0.757. The molecule has 1 amide bonds. The van der Waals surface area contributed by atoms with Gasteiger partial charge in [-0.25, -0.2) is 4.39 Å². The average molecular weight is 297 g/mol. The van der Waals surface area contributed by atoms with Crippen LogP contribution in [0.5, 0.6) is 0 Å². The fourth-order valence-corrected chi connectivity index (χ4v) is 2.00. The summed E-state index contributed by atoms with van der Waals surface area (Å²) < 4.78 is 13.5. The number of nitrogen functional groups attached to an aromatic ring is 1. The van der Waals surface area contributed by atoms with Crippen molar-refractivity contribution >= 4 is 17.3 Å². The van der Waals surface area contributed by atoms with Crippen molar-refractivity contribution in [1.29, 1.82) is 0 Å². The lowest BCUT2D eigenvalue weighted by molar-refractivity contribution is -0.116. The number of benzene rings is 1. The molecular weight excluding hydrogens is 273 g/mol. The van der Waals surface area contributed by atoms with Crippen molar-refractivity contribution in [3.05, 3.63) is 24.0 Å². The smallest absolute Gasteiger partial charge is 0.225 e. The summed E-state index contributed by atoms with van der Waals surface area (Å²) in [4.78, 5) is 14.0. The average Bonchev–Trinajstić information content (AvgIpc) is 2.42. The molecule has 0 heterocycles. The third kappa shape index (κ3) is 6.10. The van der Waals surface area contributed by atoms with E-state index < -0.39 is 5.82 Å². The number of nitrogens with one attached hydrogen (secondary N) is 1. The number of nitrogens with zero attached hydrogens (tertiary/aromatic N) is 1. The SMILES string of the molecule is CC(C)N(CCCO)CCC(=O)Nc1cc(N)ccc1F. The molecule has 0 fully saturated rings. The molecule has 21 heavy (non-hydrogen) atoms. The standard InChI is InChI=1S/C15H24FN3O2/c1-11(2)19(7-3-9-20)8-6-15(21)18-14-10-12(17)4-5-13(14)16/h4-5,10-11,20H,3,6-9,17H2,1-2H3,(H,18,21). The monoisotopic (exact) mass is 297 g/mol. The lowest BCUT2D eigenvalue weighted by Gasteiger charge is -2.25. The molecule has 0 aliphatic rings. The minimum Gasteiger partial charge on any atom is -0.399 e. The van der Waals surface area contributed by atoms with Gasteiger partial charge in [-0.15, -0.1) is 0 Å². The zero-order valence-electron chi connectivity index (χ0n) is 12.6. The van der Waals surface area contributed by atoms with E-state index in [1.807, 2.05) is 13.8 Å². The maximum Gasteiger partial charge on any atom is 0.225 e. The number of halogens is 1. The van der Waals surface area contributed by atoms with Crippen LogP contribution in [-0.4, -0.2) is 41.7 Å². The Morgan fingerprint density at radius 2 is 2.14 bits per heavy atom. The Balaban J connectivity index is 2.50. The highest BCUT2D eigenvalue weighted by Crippen LogP contribution is 2.17. The first-order valence-electron chi connectivity index (χ1n) is 7.13. The highest BCUT2D eigenvalue weighted by Gasteiger charge is 2.12. The third-order valence-electron chi connectivity index (χ3n) is 3.22. The van der Waals surface area contributed by atoms with Crippen molar-refractivity contribution in [2.45, 2.75) is 32.7 Å². The van der Waals surface area contributed by atoms with Crippen molar-refractivity contribution in [3.8, 4) is 0 Å². The number of anilines is 2. The summed E-state index contributed by atoms with van der Waals surface area (Å²) >= 11 is 0. The number of hydrogen-bond donors (Lipinski definition) is 3. The van der Waals surface area contributed by atoms with Gasteiger partial charge in [-0.2, -0.15) is 0 Å². The predicted molar refractivity (Wildman–Crippen MR) is 82.5 cm³/mol. The normalized spacial score (nSPS) is 11.1. The molecular formula is C15H24FN3O2. The molecule has 0 spiro atoms. The van der Waals surface area contributed by atoms with Crippen LogP contribution in [0.2, 0.25) is 0 Å². The Morgan fingerprint density at radius 1 is 1.43 bits per heavy atom. The van der Waals surface area contributed by atoms with Gasteiger partial charge in [-0.05, 0) is 38.5 Å². The molecule has 0 atom stereocenters. The van der Waals surface area contributed by atoms with Gasteiger partial charge in [-0.3, -0.25) is 4.79 Å². The summed E-state index contributed by atoms with van der Waals surface area (Å²) in [7, 11) is 0. The van der Waals surface area contributed by atoms with Gasteiger partial charge < -0.3 is 21.1 Å². The van der Waals surface area contributed by atoms with Crippen molar-refractivity contribution in [2.24, 2.45) is 0 Å². The van der Waals surface area contributed by atoms with Gasteiger partial charge >= 0.3 is 0 Å².